The Bertz CT molecular complexity index is 793. The number of rotatable bonds is 2. The molecule has 2 aromatic carbocycles. The number of allylic oxidation sites excluding steroid dienone is 8. The van der Waals surface area contributed by atoms with Crippen molar-refractivity contribution in [1.82, 2.24) is 0 Å². The van der Waals surface area contributed by atoms with Crippen LogP contribution in [0.1, 0.15) is 11.1 Å². The van der Waals surface area contributed by atoms with E-state index in [2.05, 4.69) is 109 Å². The van der Waals surface area contributed by atoms with Gasteiger partial charge in [0.1, 0.15) is 0 Å². The Kier molecular flexibility index (Phi) is 2.84. The molecule has 0 saturated heterocycles. The monoisotopic (exact) mass is 308 g/mol. The Morgan fingerprint density at radius 3 is 1.33 bits per heavy atom. The van der Waals surface area contributed by atoms with Crippen LogP contribution in [0.2, 0.25) is 0 Å². The van der Waals surface area contributed by atoms with Crippen molar-refractivity contribution in [2.24, 2.45) is 11.8 Å². The predicted molar refractivity (Wildman–Crippen MR) is 99.8 cm³/mol. The van der Waals surface area contributed by atoms with Crippen molar-refractivity contribution < 1.29 is 0 Å². The van der Waals surface area contributed by atoms with Crippen molar-refractivity contribution in [1.29, 1.82) is 0 Å². The van der Waals surface area contributed by atoms with Crippen molar-refractivity contribution in [2.75, 3.05) is 0 Å². The van der Waals surface area contributed by atoms with Crippen molar-refractivity contribution in [3.8, 4) is 0 Å². The Labute approximate surface area is 143 Å². The average Bonchev–Trinajstić information content (AvgIpc) is 2.67. The van der Waals surface area contributed by atoms with Crippen LogP contribution in [0.5, 0.6) is 0 Å². The molecule has 0 heteroatoms. The molecule has 116 valence electrons. The summed E-state index contributed by atoms with van der Waals surface area (Å²) in [6.07, 6.45) is 18.6. The van der Waals surface area contributed by atoms with Crippen molar-refractivity contribution >= 4 is 0 Å². The minimum Gasteiger partial charge on any atom is -0.0795 e. The van der Waals surface area contributed by atoms with Crippen LogP contribution in [-0.2, 0) is 10.8 Å². The van der Waals surface area contributed by atoms with Gasteiger partial charge in [0.2, 0.25) is 0 Å². The summed E-state index contributed by atoms with van der Waals surface area (Å²) in [6.45, 7) is 0. The molecule has 0 spiro atoms. The second-order valence-electron chi connectivity index (χ2n) is 7.01. The standard InChI is InChI=1S/C24H20/c1-3-11-19(12-4-1)23-17-9-7-15-21(23)22-16-8-10-18-24(22,23)20-13-5-2-6-14-20/h1-18,21-22H. The summed E-state index contributed by atoms with van der Waals surface area (Å²) >= 11 is 0. The molecule has 1 fully saturated rings. The first-order valence-electron chi connectivity index (χ1n) is 8.73. The minimum absolute atomic E-state index is 0.00368. The Morgan fingerprint density at radius 1 is 0.500 bits per heavy atom. The Hall–Kier alpha value is -2.60. The summed E-state index contributed by atoms with van der Waals surface area (Å²) in [7, 11) is 0. The normalized spacial score (nSPS) is 35.2. The van der Waals surface area contributed by atoms with E-state index in [9.17, 15) is 0 Å². The molecule has 4 unspecified atom stereocenters. The second-order valence-corrected chi connectivity index (χ2v) is 7.01. The van der Waals surface area contributed by atoms with E-state index in [-0.39, 0.29) is 10.8 Å². The van der Waals surface area contributed by atoms with Gasteiger partial charge in [-0.05, 0) is 23.0 Å². The molecule has 0 radical (unpaired) electrons. The van der Waals surface area contributed by atoms with E-state index < -0.39 is 0 Å². The molecule has 3 aliphatic rings. The van der Waals surface area contributed by atoms with Crippen LogP contribution in [0, 0.1) is 11.8 Å². The van der Waals surface area contributed by atoms with E-state index in [0.717, 1.165) is 0 Å². The van der Waals surface area contributed by atoms with Gasteiger partial charge in [-0.15, -0.1) is 0 Å². The largest absolute Gasteiger partial charge is 0.0795 e. The van der Waals surface area contributed by atoms with E-state index in [4.69, 9.17) is 0 Å². The van der Waals surface area contributed by atoms with Gasteiger partial charge in [0.05, 0.1) is 0 Å². The van der Waals surface area contributed by atoms with E-state index in [1.807, 2.05) is 0 Å². The molecule has 0 bridgehead atoms. The van der Waals surface area contributed by atoms with Crippen LogP contribution in [0.3, 0.4) is 0 Å². The molecule has 1 saturated carbocycles. The smallest absolute Gasteiger partial charge is 0.0341 e. The van der Waals surface area contributed by atoms with Crippen LogP contribution in [0.15, 0.2) is 109 Å². The van der Waals surface area contributed by atoms with Gasteiger partial charge in [-0.1, -0.05) is 109 Å². The Balaban J connectivity index is 1.81. The van der Waals surface area contributed by atoms with E-state index in [0.29, 0.717) is 11.8 Å². The van der Waals surface area contributed by atoms with Crippen LogP contribution in [0.4, 0.5) is 0 Å². The topological polar surface area (TPSA) is 0 Å². The molecule has 0 aromatic heterocycles. The molecule has 0 N–H and O–H groups in total. The van der Waals surface area contributed by atoms with Crippen LogP contribution in [0.25, 0.3) is 0 Å². The molecule has 0 heterocycles. The van der Waals surface area contributed by atoms with Crippen molar-refractivity contribution in [3.63, 3.8) is 0 Å². The summed E-state index contributed by atoms with van der Waals surface area (Å²) in [6, 6.07) is 22.1. The number of hydrogen-bond acceptors (Lipinski definition) is 0. The highest BCUT2D eigenvalue weighted by molar-refractivity contribution is 5.60. The number of hydrogen-bond donors (Lipinski definition) is 0. The molecule has 4 atom stereocenters. The first-order valence-corrected chi connectivity index (χ1v) is 8.73. The maximum absolute atomic E-state index is 2.44. The van der Waals surface area contributed by atoms with Gasteiger partial charge in [0.25, 0.3) is 0 Å². The molecular weight excluding hydrogens is 288 g/mol. The summed E-state index contributed by atoms with van der Waals surface area (Å²) in [5.74, 6) is 1.01. The highest BCUT2D eigenvalue weighted by Gasteiger charge is 2.69. The zero-order valence-electron chi connectivity index (χ0n) is 13.5. The maximum Gasteiger partial charge on any atom is 0.0341 e. The summed E-state index contributed by atoms with van der Waals surface area (Å²) in [5.41, 5.74) is 2.82. The molecule has 2 aromatic rings. The Morgan fingerprint density at radius 2 is 0.917 bits per heavy atom. The zero-order valence-corrected chi connectivity index (χ0v) is 13.5. The second kappa shape index (κ2) is 4.95. The van der Waals surface area contributed by atoms with Crippen LogP contribution >= 0.6 is 0 Å². The van der Waals surface area contributed by atoms with Gasteiger partial charge in [-0.2, -0.15) is 0 Å². The maximum atomic E-state index is 2.44. The number of benzene rings is 2. The van der Waals surface area contributed by atoms with Crippen molar-refractivity contribution in [3.05, 3.63) is 120 Å². The first kappa shape index (κ1) is 13.8. The summed E-state index contributed by atoms with van der Waals surface area (Å²) in [5, 5.41) is 0. The van der Waals surface area contributed by atoms with E-state index in [1.165, 1.54) is 11.1 Å². The van der Waals surface area contributed by atoms with Gasteiger partial charge in [-0.3, -0.25) is 0 Å². The third kappa shape index (κ3) is 1.49. The highest BCUT2D eigenvalue weighted by Crippen LogP contribution is 2.69. The molecule has 0 amide bonds. The van der Waals surface area contributed by atoms with E-state index in [1.54, 1.807) is 0 Å². The quantitative estimate of drug-likeness (QED) is 0.700. The third-order valence-corrected chi connectivity index (χ3v) is 6.20. The summed E-state index contributed by atoms with van der Waals surface area (Å²) < 4.78 is 0. The molecule has 0 aliphatic heterocycles. The van der Waals surface area contributed by atoms with Crippen LogP contribution < -0.4 is 0 Å². The van der Waals surface area contributed by atoms with Gasteiger partial charge >= 0.3 is 0 Å². The fraction of sp³-hybridized carbons (Fsp3) is 0.167. The molecule has 0 nitrogen and oxygen atoms in total. The molecule has 24 heavy (non-hydrogen) atoms. The van der Waals surface area contributed by atoms with E-state index >= 15 is 0 Å². The lowest BCUT2D eigenvalue weighted by atomic mass is 9.33. The lowest BCUT2D eigenvalue weighted by Crippen LogP contribution is -2.69. The van der Waals surface area contributed by atoms with Crippen molar-refractivity contribution in [2.45, 2.75) is 10.8 Å². The lowest BCUT2D eigenvalue weighted by Gasteiger charge is -2.68. The SMILES string of the molecule is C1=CC2C3C=CC=CC3(c3ccccc3)C2(c2ccccc2)C=C1. The van der Waals surface area contributed by atoms with Gasteiger partial charge in [0.15, 0.2) is 0 Å². The predicted octanol–water partition coefficient (Wildman–Crippen LogP) is 5.36. The third-order valence-electron chi connectivity index (χ3n) is 6.20. The fourth-order valence-corrected chi connectivity index (χ4v) is 5.33. The van der Waals surface area contributed by atoms with Gasteiger partial charge < -0.3 is 0 Å². The molecule has 3 aliphatic carbocycles. The first-order chi connectivity index (χ1) is 11.9. The van der Waals surface area contributed by atoms with Crippen LogP contribution in [-0.4, -0.2) is 0 Å². The average molecular weight is 308 g/mol. The lowest BCUT2D eigenvalue weighted by molar-refractivity contribution is 0.0329. The summed E-state index contributed by atoms with van der Waals surface area (Å²) in [4.78, 5) is 0. The zero-order chi connectivity index (χ0) is 16.0. The number of fused-ring (bicyclic) bond motifs is 4. The fourth-order valence-electron chi connectivity index (χ4n) is 5.33. The minimum atomic E-state index is -0.00368. The highest BCUT2D eigenvalue weighted by atomic mass is 14.7. The molecular formula is C24H20. The molecule has 5 rings (SSSR count). The van der Waals surface area contributed by atoms with Gasteiger partial charge in [0, 0.05) is 10.8 Å². The van der Waals surface area contributed by atoms with Gasteiger partial charge in [-0.25, -0.2) is 0 Å².